The molecular weight excluding hydrogens is 368 g/mol. The monoisotopic (exact) mass is 388 g/mol. The number of nitrogens with zero attached hydrogens (tertiary/aromatic N) is 4. The van der Waals surface area contributed by atoms with E-state index in [-0.39, 0.29) is 17.9 Å². The van der Waals surface area contributed by atoms with Gasteiger partial charge in [-0.25, -0.2) is 9.50 Å². The van der Waals surface area contributed by atoms with E-state index in [9.17, 15) is 10.1 Å². The molecule has 2 aliphatic rings. The van der Waals surface area contributed by atoms with Crippen LogP contribution in [-0.4, -0.2) is 39.7 Å². The average Bonchev–Trinajstić information content (AvgIpc) is 3.32. The summed E-state index contributed by atoms with van der Waals surface area (Å²) < 4.78 is 7.87. The van der Waals surface area contributed by atoms with Gasteiger partial charge in [0, 0.05) is 30.3 Å². The van der Waals surface area contributed by atoms with Gasteiger partial charge in [-0.15, -0.1) is 0 Å². The molecule has 1 saturated heterocycles. The fraction of sp³-hybridized carbons (Fsp3) is 0.333. The molecule has 1 saturated carbocycles. The van der Waals surface area contributed by atoms with Crippen LogP contribution >= 0.6 is 0 Å². The number of carbonyl (C=O) groups excluding carboxylic acids is 1. The number of anilines is 1. The molecule has 1 aliphatic carbocycles. The van der Waals surface area contributed by atoms with Crippen LogP contribution in [0.1, 0.15) is 25.0 Å². The third-order valence-corrected chi connectivity index (χ3v) is 5.26. The van der Waals surface area contributed by atoms with E-state index in [0.717, 1.165) is 49.0 Å². The molecule has 29 heavy (non-hydrogen) atoms. The maximum atomic E-state index is 12.0. The third kappa shape index (κ3) is 3.65. The predicted octanol–water partition coefficient (Wildman–Crippen LogP) is 2.36. The largest absolute Gasteiger partial charge is 0.487 e. The molecule has 1 amide bonds. The molecule has 8 nitrogen and oxygen atoms in total. The van der Waals surface area contributed by atoms with E-state index < -0.39 is 0 Å². The number of pyridine rings is 2. The number of carbonyl (C=O) groups is 1. The Labute approximate surface area is 167 Å². The molecule has 0 aromatic carbocycles. The number of nitriles is 1. The quantitative estimate of drug-likeness (QED) is 0.695. The van der Waals surface area contributed by atoms with Crippen molar-refractivity contribution >= 4 is 17.2 Å². The van der Waals surface area contributed by atoms with Crippen molar-refractivity contribution in [1.29, 1.82) is 5.26 Å². The molecule has 1 aliphatic heterocycles. The number of hydrogen-bond donors (Lipinski definition) is 2. The molecule has 2 N–H and O–H groups in total. The Morgan fingerprint density at radius 1 is 1.31 bits per heavy atom. The fourth-order valence-corrected chi connectivity index (χ4v) is 3.53. The lowest BCUT2D eigenvalue weighted by Crippen LogP contribution is -2.20. The Hall–Kier alpha value is -3.44. The van der Waals surface area contributed by atoms with Gasteiger partial charge in [-0.3, -0.25) is 4.79 Å². The van der Waals surface area contributed by atoms with E-state index in [1.807, 2.05) is 24.4 Å². The number of nitrogens with one attached hydrogen (secondary N) is 2. The number of fused-ring (bicyclic) bond motifs is 1. The summed E-state index contributed by atoms with van der Waals surface area (Å²) in [4.78, 5) is 16.2. The molecule has 3 aromatic rings. The first kappa shape index (κ1) is 17.6. The first-order valence-corrected chi connectivity index (χ1v) is 9.78. The number of aromatic nitrogens is 3. The smallest absolute Gasteiger partial charge is 0.228 e. The summed E-state index contributed by atoms with van der Waals surface area (Å²) in [6.45, 7) is 1.73. The van der Waals surface area contributed by atoms with Crippen LogP contribution in [0.2, 0.25) is 0 Å². The van der Waals surface area contributed by atoms with Crippen LogP contribution in [0.4, 0.5) is 5.82 Å². The van der Waals surface area contributed by atoms with E-state index in [1.165, 1.54) is 0 Å². The van der Waals surface area contributed by atoms with E-state index in [2.05, 4.69) is 26.8 Å². The van der Waals surface area contributed by atoms with E-state index in [0.29, 0.717) is 17.3 Å². The normalized spacial score (nSPS) is 18.5. The molecule has 4 heterocycles. The van der Waals surface area contributed by atoms with Crippen molar-refractivity contribution in [1.82, 2.24) is 19.9 Å². The van der Waals surface area contributed by atoms with Crippen LogP contribution in [0.25, 0.3) is 16.6 Å². The first-order valence-electron chi connectivity index (χ1n) is 9.78. The van der Waals surface area contributed by atoms with Crippen molar-refractivity contribution < 1.29 is 9.53 Å². The summed E-state index contributed by atoms with van der Waals surface area (Å²) in [6, 6.07) is 9.57. The molecule has 8 heteroatoms. The van der Waals surface area contributed by atoms with E-state index >= 15 is 0 Å². The van der Waals surface area contributed by atoms with Crippen LogP contribution in [0.3, 0.4) is 0 Å². The van der Waals surface area contributed by atoms with Crippen LogP contribution in [-0.2, 0) is 4.79 Å². The lowest BCUT2D eigenvalue weighted by Gasteiger charge is -2.16. The Balaban J connectivity index is 1.48. The Morgan fingerprint density at radius 2 is 2.21 bits per heavy atom. The Morgan fingerprint density at radius 3 is 2.97 bits per heavy atom. The summed E-state index contributed by atoms with van der Waals surface area (Å²) >= 11 is 0. The van der Waals surface area contributed by atoms with Gasteiger partial charge in [-0.2, -0.15) is 10.4 Å². The van der Waals surface area contributed by atoms with Gasteiger partial charge >= 0.3 is 0 Å². The molecule has 1 unspecified atom stereocenters. The SMILES string of the molecule is N#Cc1cc(-c2ccn3nc(NC(=O)C4CC4)cc3c2)c(OC2CCNC2)cn1. The molecule has 3 aromatic heterocycles. The zero-order valence-corrected chi connectivity index (χ0v) is 15.8. The molecule has 0 bridgehead atoms. The number of hydrogen-bond acceptors (Lipinski definition) is 6. The highest BCUT2D eigenvalue weighted by Crippen LogP contribution is 2.33. The van der Waals surface area contributed by atoms with Gasteiger partial charge in [0.25, 0.3) is 0 Å². The maximum Gasteiger partial charge on any atom is 0.228 e. The van der Waals surface area contributed by atoms with Gasteiger partial charge in [0.2, 0.25) is 5.91 Å². The van der Waals surface area contributed by atoms with Crippen molar-refractivity contribution in [2.24, 2.45) is 5.92 Å². The second kappa shape index (κ2) is 7.18. The minimum absolute atomic E-state index is 0.0299. The highest BCUT2D eigenvalue weighted by atomic mass is 16.5. The number of rotatable bonds is 5. The summed E-state index contributed by atoms with van der Waals surface area (Å²) in [7, 11) is 0. The molecule has 0 radical (unpaired) electrons. The number of amides is 1. The van der Waals surface area contributed by atoms with Crippen molar-refractivity contribution in [3.8, 4) is 22.9 Å². The molecular formula is C21H20N6O2. The van der Waals surface area contributed by atoms with Crippen molar-refractivity contribution in [2.45, 2.75) is 25.4 Å². The summed E-state index contributed by atoms with van der Waals surface area (Å²) in [6.07, 6.45) is 6.38. The fourth-order valence-electron chi connectivity index (χ4n) is 3.53. The predicted molar refractivity (Wildman–Crippen MR) is 106 cm³/mol. The lowest BCUT2D eigenvalue weighted by atomic mass is 10.1. The van der Waals surface area contributed by atoms with Crippen molar-refractivity contribution in [3.63, 3.8) is 0 Å². The zero-order chi connectivity index (χ0) is 19.8. The van der Waals surface area contributed by atoms with Crippen molar-refractivity contribution in [3.05, 3.63) is 42.4 Å². The summed E-state index contributed by atoms with van der Waals surface area (Å²) in [5.74, 6) is 1.35. The average molecular weight is 388 g/mol. The molecule has 146 valence electrons. The van der Waals surface area contributed by atoms with Crippen LogP contribution in [0.15, 0.2) is 36.7 Å². The van der Waals surface area contributed by atoms with Crippen LogP contribution in [0, 0.1) is 17.2 Å². The number of ether oxygens (including phenoxy) is 1. The molecule has 2 fully saturated rings. The Kier molecular flexibility index (Phi) is 4.37. The van der Waals surface area contributed by atoms with Gasteiger partial charge < -0.3 is 15.4 Å². The van der Waals surface area contributed by atoms with E-state index in [1.54, 1.807) is 16.8 Å². The summed E-state index contributed by atoms with van der Waals surface area (Å²) in [5.41, 5.74) is 2.90. The van der Waals surface area contributed by atoms with Gasteiger partial charge in [-0.05, 0) is 49.6 Å². The topological polar surface area (TPSA) is 104 Å². The second-order valence-electron chi connectivity index (χ2n) is 7.49. The molecule has 1 atom stereocenters. The maximum absolute atomic E-state index is 12.0. The molecule has 5 rings (SSSR count). The molecule has 0 spiro atoms. The van der Waals surface area contributed by atoms with Gasteiger partial charge in [-0.1, -0.05) is 0 Å². The minimum Gasteiger partial charge on any atom is -0.487 e. The zero-order valence-electron chi connectivity index (χ0n) is 15.8. The summed E-state index contributed by atoms with van der Waals surface area (Å²) in [5, 5.41) is 19.9. The van der Waals surface area contributed by atoms with Gasteiger partial charge in [0.15, 0.2) is 5.82 Å². The Bertz CT molecular complexity index is 1120. The van der Waals surface area contributed by atoms with Gasteiger partial charge in [0.1, 0.15) is 23.6 Å². The minimum atomic E-state index is 0.0299. The van der Waals surface area contributed by atoms with Crippen LogP contribution in [0.5, 0.6) is 5.75 Å². The van der Waals surface area contributed by atoms with Crippen LogP contribution < -0.4 is 15.4 Å². The first-order chi connectivity index (χ1) is 14.2. The highest BCUT2D eigenvalue weighted by Gasteiger charge is 2.30. The van der Waals surface area contributed by atoms with Gasteiger partial charge in [0.05, 0.1) is 11.7 Å². The third-order valence-electron chi connectivity index (χ3n) is 5.26. The second-order valence-corrected chi connectivity index (χ2v) is 7.49. The highest BCUT2D eigenvalue weighted by molar-refractivity contribution is 5.93. The standard InChI is InChI=1S/C21H20N6O2/c22-10-15-8-18(19(12-24-15)29-17-3-5-23-11-17)14-4-6-27-16(7-14)9-20(26-27)25-21(28)13-1-2-13/h4,6-9,12-13,17,23H,1-3,5,11H2,(H,25,26,28). The van der Waals surface area contributed by atoms with Crippen molar-refractivity contribution in [2.75, 3.05) is 18.4 Å². The lowest BCUT2D eigenvalue weighted by molar-refractivity contribution is -0.117. The van der Waals surface area contributed by atoms with E-state index in [4.69, 9.17) is 4.74 Å².